The van der Waals surface area contributed by atoms with Crippen LogP contribution in [0.15, 0.2) is 48.5 Å². The molecule has 0 heterocycles. The predicted octanol–water partition coefficient (Wildman–Crippen LogP) is 4.25. The van der Waals surface area contributed by atoms with E-state index >= 15 is 0 Å². The Morgan fingerprint density at radius 1 is 1.14 bits per heavy atom. The van der Waals surface area contributed by atoms with E-state index in [-0.39, 0.29) is 11.9 Å². The second kappa shape index (κ2) is 7.79. The van der Waals surface area contributed by atoms with Gasteiger partial charge < -0.3 is 10.1 Å². The van der Waals surface area contributed by atoms with Gasteiger partial charge in [0.2, 0.25) is 0 Å². The first-order valence-electron chi connectivity index (χ1n) is 7.38. The third kappa shape index (κ3) is 4.57. The van der Waals surface area contributed by atoms with Crippen LogP contribution in [0.1, 0.15) is 30.5 Å². The Morgan fingerprint density at radius 2 is 1.90 bits per heavy atom. The lowest BCUT2D eigenvalue weighted by atomic mass is 10.0. The highest BCUT2D eigenvalue weighted by Gasteiger charge is 2.15. The average Bonchev–Trinajstić information content (AvgIpc) is 2.50. The van der Waals surface area contributed by atoms with Crippen LogP contribution in [0.5, 0.6) is 5.75 Å². The van der Waals surface area contributed by atoms with Crippen molar-refractivity contribution in [3.05, 3.63) is 65.5 Å². The molecule has 0 radical (unpaired) electrons. The van der Waals surface area contributed by atoms with Crippen LogP contribution < -0.4 is 10.1 Å². The standard InChI is InChI=1S/C18H22FNO/c1-3-20-18(16-13-14(2)9-10-17(16)19)11-12-21-15-7-5-4-6-8-15/h4-10,13,18,20H,3,11-12H2,1-2H3. The Labute approximate surface area is 126 Å². The minimum absolute atomic E-state index is 0.0291. The molecule has 3 heteroatoms. The molecule has 0 spiro atoms. The van der Waals surface area contributed by atoms with Gasteiger partial charge in [-0.15, -0.1) is 0 Å². The second-order valence-corrected chi connectivity index (χ2v) is 5.09. The van der Waals surface area contributed by atoms with Gasteiger partial charge in [0.15, 0.2) is 0 Å². The van der Waals surface area contributed by atoms with E-state index in [2.05, 4.69) is 5.32 Å². The van der Waals surface area contributed by atoms with Crippen molar-refractivity contribution >= 4 is 0 Å². The molecule has 0 aromatic heterocycles. The van der Waals surface area contributed by atoms with Crippen LogP contribution in [0, 0.1) is 12.7 Å². The molecule has 1 atom stereocenters. The van der Waals surface area contributed by atoms with Crippen LogP contribution >= 0.6 is 0 Å². The molecule has 0 aliphatic heterocycles. The molecule has 2 rings (SSSR count). The van der Waals surface area contributed by atoms with E-state index in [0.717, 1.165) is 24.3 Å². The summed E-state index contributed by atoms with van der Waals surface area (Å²) in [5.41, 5.74) is 1.78. The third-order valence-corrected chi connectivity index (χ3v) is 3.40. The zero-order chi connectivity index (χ0) is 15.1. The summed E-state index contributed by atoms with van der Waals surface area (Å²) < 4.78 is 19.7. The van der Waals surface area contributed by atoms with Crippen LogP contribution in [-0.4, -0.2) is 13.2 Å². The molecular formula is C18H22FNO. The summed E-state index contributed by atoms with van der Waals surface area (Å²) in [7, 11) is 0. The Morgan fingerprint density at radius 3 is 2.62 bits per heavy atom. The van der Waals surface area contributed by atoms with Crippen molar-refractivity contribution in [3.8, 4) is 5.75 Å². The summed E-state index contributed by atoms with van der Waals surface area (Å²) in [5, 5.41) is 3.33. The highest BCUT2D eigenvalue weighted by atomic mass is 19.1. The van der Waals surface area contributed by atoms with Gasteiger partial charge in [-0.2, -0.15) is 0 Å². The van der Waals surface area contributed by atoms with Crippen molar-refractivity contribution in [3.63, 3.8) is 0 Å². The van der Waals surface area contributed by atoms with Crippen LogP contribution in [0.4, 0.5) is 4.39 Å². The summed E-state index contributed by atoms with van der Waals surface area (Å²) in [6, 6.07) is 14.9. The maximum atomic E-state index is 14.0. The minimum Gasteiger partial charge on any atom is -0.494 e. The molecule has 0 fully saturated rings. The van der Waals surface area contributed by atoms with Gasteiger partial charge in [0, 0.05) is 18.0 Å². The van der Waals surface area contributed by atoms with Gasteiger partial charge in [0.1, 0.15) is 11.6 Å². The molecule has 1 unspecified atom stereocenters. The zero-order valence-corrected chi connectivity index (χ0v) is 12.6. The number of halogens is 1. The third-order valence-electron chi connectivity index (χ3n) is 3.40. The molecule has 2 aromatic carbocycles. The molecule has 2 aromatic rings. The van der Waals surface area contributed by atoms with Crippen LogP contribution in [0.25, 0.3) is 0 Å². The van der Waals surface area contributed by atoms with E-state index in [4.69, 9.17) is 4.74 Å². The molecule has 0 saturated heterocycles. The monoisotopic (exact) mass is 287 g/mol. The fourth-order valence-corrected chi connectivity index (χ4v) is 2.36. The molecule has 21 heavy (non-hydrogen) atoms. The van der Waals surface area contributed by atoms with E-state index in [0.29, 0.717) is 12.2 Å². The highest BCUT2D eigenvalue weighted by Crippen LogP contribution is 2.22. The number of hydrogen-bond acceptors (Lipinski definition) is 2. The second-order valence-electron chi connectivity index (χ2n) is 5.09. The maximum Gasteiger partial charge on any atom is 0.127 e. The minimum atomic E-state index is -0.161. The van der Waals surface area contributed by atoms with Gasteiger partial charge in [-0.3, -0.25) is 0 Å². The van der Waals surface area contributed by atoms with Gasteiger partial charge in [0.05, 0.1) is 6.61 Å². The first kappa shape index (κ1) is 15.5. The van der Waals surface area contributed by atoms with Gasteiger partial charge in [-0.1, -0.05) is 42.8 Å². The van der Waals surface area contributed by atoms with Crippen molar-refractivity contribution in [2.75, 3.05) is 13.2 Å². The highest BCUT2D eigenvalue weighted by molar-refractivity contribution is 5.27. The average molecular weight is 287 g/mol. The molecule has 0 bridgehead atoms. The van der Waals surface area contributed by atoms with E-state index in [1.54, 1.807) is 6.07 Å². The largest absolute Gasteiger partial charge is 0.494 e. The molecule has 0 aliphatic rings. The van der Waals surface area contributed by atoms with Crippen LogP contribution in [0.3, 0.4) is 0 Å². The maximum absolute atomic E-state index is 14.0. The lowest BCUT2D eigenvalue weighted by Gasteiger charge is -2.19. The summed E-state index contributed by atoms with van der Waals surface area (Å²) in [5.74, 6) is 0.684. The smallest absolute Gasteiger partial charge is 0.127 e. The van der Waals surface area contributed by atoms with Crippen molar-refractivity contribution in [2.45, 2.75) is 26.3 Å². The molecule has 2 nitrogen and oxygen atoms in total. The topological polar surface area (TPSA) is 21.3 Å². The summed E-state index contributed by atoms with van der Waals surface area (Å²) in [6.07, 6.45) is 0.725. The van der Waals surface area contributed by atoms with Gasteiger partial charge >= 0.3 is 0 Å². The van der Waals surface area contributed by atoms with Gasteiger partial charge in [-0.05, 0) is 31.7 Å². The molecule has 112 valence electrons. The molecule has 1 N–H and O–H groups in total. The number of benzene rings is 2. The van der Waals surface area contributed by atoms with Crippen molar-refractivity contribution in [2.24, 2.45) is 0 Å². The number of rotatable bonds is 7. The lowest BCUT2D eigenvalue weighted by molar-refractivity contribution is 0.285. The fraction of sp³-hybridized carbons (Fsp3) is 0.333. The Balaban J connectivity index is 2.00. The van der Waals surface area contributed by atoms with Gasteiger partial charge in [-0.25, -0.2) is 4.39 Å². The first-order chi connectivity index (χ1) is 10.2. The Hall–Kier alpha value is -1.87. The molecule has 0 aliphatic carbocycles. The fourth-order valence-electron chi connectivity index (χ4n) is 2.36. The quantitative estimate of drug-likeness (QED) is 0.822. The van der Waals surface area contributed by atoms with E-state index in [9.17, 15) is 4.39 Å². The van der Waals surface area contributed by atoms with Crippen LogP contribution in [0.2, 0.25) is 0 Å². The van der Waals surface area contributed by atoms with E-state index in [1.165, 1.54) is 6.07 Å². The lowest BCUT2D eigenvalue weighted by Crippen LogP contribution is -2.24. The molecular weight excluding hydrogens is 265 g/mol. The number of hydrogen-bond donors (Lipinski definition) is 1. The first-order valence-corrected chi connectivity index (χ1v) is 7.38. The summed E-state index contributed by atoms with van der Waals surface area (Å²) >= 11 is 0. The number of nitrogens with one attached hydrogen (secondary N) is 1. The molecule has 0 amide bonds. The van der Waals surface area contributed by atoms with Crippen molar-refractivity contribution < 1.29 is 9.13 Å². The summed E-state index contributed by atoms with van der Waals surface area (Å²) in [4.78, 5) is 0. The Kier molecular flexibility index (Phi) is 5.76. The normalized spacial score (nSPS) is 12.1. The van der Waals surface area contributed by atoms with Crippen molar-refractivity contribution in [1.29, 1.82) is 0 Å². The number of aryl methyl sites for hydroxylation is 1. The van der Waals surface area contributed by atoms with Crippen LogP contribution in [-0.2, 0) is 0 Å². The van der Waals surface area contributed by atoms with E-state index in [1.807, 2.05) is 50.2 Å². The predicted molar refractivity (Wildman–Crippen MR) is 84.1 cm³/mol. The SMILES string of the molecule is CCNC(CCOc1ccccc1)c1cc(C)ccc1F. The number of ether oxygens (including phenoxy) is 1. The van der Waals surface area contributed by atoms with E-state index < -0.39 is 0 Å². The Bertz CT molecular complexity index is 556. The van der Waals surface area contributed by atoms with Gasteiger partial charge in [0.25, 0.3) is 0 Å². The molecule has 0 saturated carbocycles. The summed E-state index contributed by atoms with van der Waals surface area (Å²) in [6.45, 7) is 5.35. The van der Waals surface area contributed by atoms with Crippen molar-refractivity contribution in [1.82, 2.24) is 5.32 Å². The zero-order valence-electron chi connectivity index (χ0n) is 12.6. The number of para-hydroxylation sites is 1.